The van der Waals surface area contributed by atoms with Gasteiger partial charge in [0.1, 0.15) is 0 Å². The Morgan fingerprint density at radius 1 is 1.26 bits per heavy atom. The second-order valence-electron chi connectivity index (χ2n) is 5.29. The average Bonchev–Trinajstić information content (AvgIpc) is 2.63. The van der Waals surface area contributed by atoms with Gasteiger partial charge in [-0.2, -0.15) is 0 Å². The Hall–Kier alpha value is -1.13. The van der Waals surface area contributed by atoms with Gasteiger partial charge in [0.05, 0.1) is 25.4 Å². The van der Waals surface area contributed by atoms with Crippen LogP contribution in [0.3, 0.4) is 0 Å². The van der Waals surface area contributed by atoms with Crippen LogP contribution in [-0.2, 0) is 4.74 Å². The second-order valence-corrected chi connectivity index (χ2v) is 5.29. The Bertz CT molecular complexity index is 449. The fourth-order valence-corrected chi connectivity index (χ4v) is 2.96. The second kappa shape index (κ2) is 5.47. The van der Waals surface area contributed by atoms with E-state index >= 15 is 0 Å². The zero-order valence-corrected chi connectivity index (χ0v) is 11.8. The van der Waals surface area contributed by atoms with Crippen LogP contribution in [-0.4, -0.2) is 24.4 Å². The van der Waals surface area contributed by atoms with E-state index in [9.17, 15) is 9.50 Å². The zero-order chi connectivity index (χ0) is 14.2. The van der Waals surface area contributed by atoms with Crippen LogP contribution in [0.1, 0.15) is 32.4 Å². The Morgan fingerprint density at radius 2 is 1.95 bits per heavy atom. The number of rotatable bonds is 3. The Morgan fingerprint density at radius 3 is 2.47 bits per heavy atom. The number of methoxy groups -OCH3 is 1. The summed E-state index contributed by atoms with van der Waals surface area (Å²) in [5, 5.41) is 10.5. The molecule has 1 heterocycles. The van der Waals surface area contributed by atoms with Crippen molar-refractivity contribution in [1.29, 1.82) is 0 Å². The van der Waals surface area contributed by atoms with E-state index in [0.29, 0.717) is 0 Å². The van der Waals surface area contributed by atoms with E-state index in [-0.39, 0.29) is 35.4 Å². The van der Waals surface area contributed by atoms with Gasteiger partial charge in [-0.25, -0.2) is 4.39 Å². The zero-order valence-electron chi connectivity index (χ0n) is 11.8. The summed E-state index contributed by atoms with van der Waals surface area (Å²) in [5.41, 5.74) is 0.278. The summed E-state index contributed by atoms with van der Waals surface area (Å²) in [5.74, 6) is -0.271. The van der Waals surface area contributed by atoms with Crippen molar-refractivity contribution in [2.24, 2.45) is 11.8 Å². The lowest BCUT2D eigenvalue weighted by Gasteiger charge is -2.25. The third-order valence-corrected chi connectivity index (χ3v) is 4.22. The van der Waals surface area contributed by atoms with Gasteiger partial charge >= 0.3 is 0 Å². The van der Waals surface area contributed by atoms with Crippen LogP contribution in [0, 0.1) is 17.7 Å². The average molecular weight is 268 g/mol. The fourth-order valence-electron chi connectivity index (χ4n) is 2.96. The van der Waals surface area contributed by atoms with Gasteiger partial charge in [-0.05, 0) is 25.8 Å². The van der Waals surface area contributed by atoms with Crippen LogP contribution < -0.4 is 4.74 Å². The molecule has 1 aromatic carbocycles. The minimum absolute atomic E-state index is 0.0725. The normalized spacial score (nSPS) is 32.3. The molecule has 5 unspecified atom stereocenters. The van der Waals surface area contributed by atoms with Crippen molar-refractivity contribution >= 4 is 0 Å². The topological polar surface area (TPSA) is 38.7 Å². The molecule has 3 nitrogen and oxygen atoms in total. The summed E-state index contributed by atoms with van der Waals surface area (Å²) >= 11 is 0. The van der Waals surface area contributed by atoms with Gasteiger partial charge in [-0.15, -0.1) is 0 Å². The molecule has 0 spiro atoms. The van der Waals surface area contributed by atoms with Crippen molar-refractivity contribution in [2.45, 2.75) is 39.1 Å². The number of ether oxygens (including phenoxy) is 2. The summed E-state index contributed by atoms with van der Waals surface area (Å²) in [7, 11) is 1.42. The van der Waals surface area contributed by atoms with E-state index in [0.717, 1.165) is 0 Å². The molecule has 1 aliphatic rings. The summed E-state index contributed by atoms with van der Waals surface area (Å²) < 4.78 is 24.9. The highest BCUT2D eigenvalue weighted by Crippen LogP contribution is 2.41. The molecular formula is C15H21FO3. The van der Waals surface area contributed by atoms with Crippen molar-refractivity contribution in [2.75, 3.05) is 7.11 Å². The third kappa shape index (κ3) is 2.47. The summed E-state index contributed by atoms with van der Waals surface area (Å²) in [6, 6.07) is 4.84. The van der Waals surface area contributed by atoms with Crippen molar-refractivity contribution < 1.29 is 19.0 Å². The van der Waals surface area contributed by atoms with Gasteiger partial charge in [-0.3, -0.25) is 0 Å². The maximum absolute atomic E-state index is 14.2. The molecule has 19 heavy (non-hydrogen) atoms. The molecule has 1 N–H and O–H groups in total. The van der Waals surface area contributed by atoms with Crippen LogP contribution in [0.15, 0.2) is 18.2 Å². The molecule has 0 radical (unpaired) electrons. The molecule has 1 fully saturated rings. The standard InChI is InChI=1S/C15H21FO3/c1-8-9(2)19-10(3)13(8)15(17)11-6-5-7-12(18-4)14(11)16/h5-10,13,15,17H,1-4H3. The van der Waals surface area contributed by atoms with Gasteiger partial charge in [0, 0.05) is 11.5 Å². The van der Waals surface area contributed by atoms with Gasteiger partial charge in [-0.1, -0.05) is 19.1 Å². The van der Waals surface area contributed by atoms with Gasteiger partial charge in [0.15, 0.2) is 11.6 Å². The fraction of sp³-hybridized carbons (Fsp3) is 0.600. The molecule has 1 aliphatic heterocycles. The quantitative estimate of drug-likeness (QED) is 0.916. The lowest BCUT2D eigenvalue weighted by molar-refractivity contribution is 0.0219. The van der Waals surface area contributed by atoms with E-state index in [2.05, 4.69) is 0 Å². The first kappa shape index (κ1) is 14.3. The van der Waals surface area contributed by atoms with Crippen molar-refractivity contribution in [1.82, 2.24) is 0 Å². The molecule has 5 atom stereocenters. The number of hydrogen-bond donors (Lipinski definition) is 1. The van der Waals surface area contributed by atoms with Crippen molar-refractivity contribution in [3.05, 3.63) is 29.6 Å². The van der Waals surface area contributed by atoms with Crippen molar-refractivity contribution in [3.8, 4) is 5.75 Å². The Kier molecular flexibility index (Phi) is 4.11. The highest BCUT2D eigenvalue weighted by atomic mass is 19.1. The van der Waals surface area contributed by atoms with Crippen LogP contribution in [0.4, 0.5) is 4.39 Å². The number of benzene rings is 1. The number of aliphatic hydroxyl groups is 1. The first-order chi connectivity index (χ1) is 8.97. The lowest BCUT2D eigenvalue weighted by Crippen LogP contribution is -2.25. The third-order valence-electron chi connectivity index (χ3n) is 4.22. The lowest BCUT2D eigenvalue weighted by atomic mass is 9.82. The minimum Gasteiger partial charge on any atom is -0.494 e. The molecular weight excluding hydrogens is 247 g/mol. The summed E-state index contributed by atoms with van der Waals surface area (Å²) in [4.78, 5) is 0. The largest absolute Gasteiger partial charge is 0.494 e. The maximum atomic E-state index is 14.2. The first-order valence-electron chi connectivity index (χ1n) is 6.63. The smallest absolute Gasteiger partial charge is 0.170 e. The summed E-state index contributed by atoms with van der Waals surface area (Å²) in [6.45, 7) is 5.93. The van der Waals surface area contributed by atoms with Crippen LogP contribution in [0.5, 0.6) is 5.75 Å². The first-order valence-corrected chi connectivity index (χ1v) is 6.63. The highest BCUT2D eigenvalue weighted by Gasteiger charge is 2.42. The number of hydrogen-bond acceptors (Lipinski definition) is 3. The highest BCUT2D eigenvalue weighted by molar-refractivity contribution is 5.33. The van der Waals surface area contributed by atoms with Crippen LogP contribution >= 0.6 is 0 Å². The van der Waals surface area contributed by atoms with Gasteiger partial charge in [0.25, 0.3) is 0 Å². The molecule has 2 rings (SSSR count). The predicted octanol–water partition coefficient (Wildman–Crippen LogP) is 2.93. The molecule has 4 heteroatoms. The monoisotopic (exact) mass is 268 g/mol. The molecule has 1 saturated heterocycles. The predicted molar refractivity (Wildman–Crippen MR) is 70.6 cm³/mol. The SMILES string of the molecule is COc1cccc(C(O)C2C(C)OC(C)C2C)c1F. The van der Waals surface area contributed by atoms with Gasteiger partial charge in [0.2, 0.25) is 0 Å². The molecule has 0 bridgehead atoms. The Balaban J connectivity index is 2.32. The van der Waals surface area contributed by atoms with Crippen molar-refractivity contribution in [3.63, 3.8) is 0 Å². The van der Waals surface area contributed by atoms with Gasteiger partial charge < -0.3 is 14.6 Å². The molecule has 0 aromatic heterocycles. The number of aliphatic hydroxyl groups excluding tert-OH is 1. The molecule has 0 saturated carbocycles. The Labute approximate surface area is 113 Å². The minimum atomic E-state index is -0.884. The molecule has 1 aromatic rings. The van der Waals surface area contributed by atoms with E-state index < -0.39 is 11.9 Å². The van der Waals surface area contributed by atoms with E-state index in [1.165, 1.54) is 7.11 Å². The van der Waals surface area contributed by atoms with E-state index in [1.54, 1.807) is 18.2 Å². The maximum Gasteiger partial charge on any atom is 0.170 e. The van der Waals surface area contributed by atoms with E-state index in [4.69, 9.17) is 9.47 Å². The summed E-state index contributed by atoms with van der Waals surface area (Å²) in [6.07, 6.45) is -0.904. The molecule has 0 amide bonds. The van der Waals surface area contributed by atoms with E-state index in [1.807, 2.05) is 20.8 Å². The molecule has 0 aliphatic carbocycles. The number of halogens is 1. The van der Waals surface area contributed by atoms with Crippen LogP contribution in [0.25, 0.3) is 0 Å². The molecule has 106 valence electrons. The van der Waals surface area contributed by atoms with Crippen LogP contribution in [0.2, 0.25) is 0 Å².